The van der Waals surface area contributed by atoms with Crippen molar-refractivity contribution in [3.63, 3.8) is 0 Å². The van der Waals surface area contributed by atoms with Crippen molar-refractivity contribution in [2.45, 2.75) is 0 Å². The molecule has 2 amide bonds. The number of amides is 2. The van der Waals surface area contributed by atoms with Gasteiger partial charge in [-0.15, -0.1) is 0 Å². The number of carbonyl (C=O) groups is 2. The van der Waals surface area contributed by atoms with E-state index in [2.05, 4.69) is 15.5 Å². The van der Waals surface area contributed by atoms with Gasteiger partial charge in [0.15, 0.2) is 5.11 Å². The number of benzene rings is 1. The van der Waals surface area contributed by atoms with Crippen molar-refractivity contribution in [2.75, 3.05) is 38.5 Å². The Hall–Kier alpha value is -2.97. The third-order valence-electron chi connectivity index (χ3n) is 4.38. The van der Waals surface area contributed by atoms with Gasteiger partial charge in [0.25, 0.3) is 5.91 Å². The molecule has 3 rings (SSSR count). The second-order valence-electron chi connectivity index (χ2n) is 6.43. The molecule has 1 aromatic heterocycles. The highest BCUT2D eigenvalue weighted by Crippen LogP contribution is 2.18. The number of anilines is 1. The van der Waals surface area contributed by atoms with Crippen molar-refractivity contribution in [2.24, 2.45) is 0 Å². The number of hydrogen-bond donors (Lipinski definition) is 2. The summed E-state index contributed by atoms with van der Waals surface area (Å²) in [6, 6.07) is 10.6. The minimum absolute atomic E-state index is 0.0527. The first-order valence-electron chi connectivity index (χ1n) is 8.93. The summed E-state index contributed by atoms with van der Waals surface area (Å²) in [7, 11) is 2.04. The van der Waals surface area contributed by atoms with Crippen molar-refractivity contribution in [1.29, 1.82) is 0 Å². The number of rotatable bonds is 4. The molecule has 2 heterocycles. The highest BCUT2D eigenvalue weighted by Gasteiger charge is 2.22. The fourth-order valence-corrected chi connectivity index (χ4v) is 3.02. The van der Waals surface area contributed by atoms with E-state index in [1.807, 2.05) is 24.1 Å². The Bertz CT molecular complexity index is 871. The van der Waals surface area contributed by atoms with E-state index in [0.29, 0.717) is 30.1 Å². The van der Waals surface area contributed by atoms with Gasteiger partial charge in [-0.3, -0.25) is 14.9 Å². The first-order chi connectivity index (χ1) is 13.5. The van der Waals surface area contributed by atoms with Crippen LogP contribution in [-0.2, 0) is 4.79 Å². The van der Waals surface area contributed by atoms with Crippen molar-refractivity contribution >= 4 is 40.9 Å². The lowest BCUT2D eigenvalue weighted by atomic mass is 10.1. The fraction of sp³-hybridized carbons (Fsp3) is 0.250. The zero-order valence-electron chi connectivity index (χ0n) is 15.6. The molecule has 0 saturated carbocycles. The molecular weight excluding hydrogens is 376 g/mol. The van der Waals surface area contributed by atoms with Crippen LogP contribution >= 0.6 is 12.2 Å². The number of para-hydroxylation sites is 1. The number of furan rings is 1. The normalized spacial score (nSPS) is 14.8. The van der Waals surface area contributed by atoms with Crippen LogP contribution in [0.4, 0.5) is 5.69 Å². The van der Waals surface area contributed by atoms with Gasteiger partial charge in [0.1, 0.15) is 5.76 Å². The molecule has 0 radical (unpaired) electrons. The van der Waals surface area contributed by atoms with E-state index < -0.39 is 5.91 Å². The van der Waals surface area contributed by atoms with Crippen molar-refractivity contribution in [3.05, 3.63) is 60.1 Å². The zero-order valence-corrected chi connectivity index (χ0v) is 16.4. The predicted molar refractivity (Wildman–Crippen MR) is 112 cm³/mol. The van der Waals surface area contributed by atoms with Gasteiger partial charge in [-0.25, -0.2) is 0 Å². The van der Waals surface area contributed by atoms with E-state index in [4.69, 9.17) is 16.6 Å². The molecule has 0 atom stereocenters. The molecule has 1 saturated heterocycles. The van der Waals surface area contributed by atoms with Crippen molar-refractivity contribution in [1.82, 2.24) is 15.1 Å². The average Bonchev–Trinajstić information content (AvgIpc) is 3.20. The van der Waals surface area contributed by atoms with Crippen LogP contribution < -0.4 is 10.6 Å². The van der Waals surface area contributed by atoms with Gasteiger partial charge < -0.3 is 19.5 Å². The zero-order chi connectivity index (χ0) is 19.9. The molecule has 0 bridgehead atoms. The molecule has 0 aliphatic carbocycles. The summed E-state index contributed by atoms with van der Waals surface area (Å²) in [6.45, 7) is 3.06. The van der Waals surface area contributed by atoms with Gasteiger partial charge in [0.2, 0.25) is 5.91 Å². The molecule has 1 fully saturated rings. The van der Waals surface area contributed by atoms with E-state index in [1.54, 1.807) is 30.3 Å². The maximum absolute atomic E-state index is 12.9. The molecule has 1 aliphatic heterocycles. The summed E-state index contributed by atoms with van der Waals surface area (Å²) >= 11 is 5.21. The van der Waals surface area contributed by atoms with Crippen LogP contribution in [0.15, 0.2) is 53.2 Å². The molecule has 7 nitrogen and oxygen atoms in total. The highest BCUT2D eigenvalue weighted by molar-refractivity contribution is 7.80. The summed E-state index contributed by atoms with van der Waals surface area (Å²) < 4.78 is 5.13. The molecule has 0 spiro atoms. The number of hydrogen-bond acceptors (Lipinski definition) is 5. The summed E-state index contributed by atoms with van der Waals surface area (Å²) in [5.74, 6) is 0.122. The average molecular weight is 398 g/mol. The van der Waals surface area contributed by atoms with E-state index in [9.17, 15) is 9.59 Å². The molecule has 8 heteroatoms. The molecule has 1 aliphatic rings. The Balaban J connectivity index is 1.61. The Morgan fingerprint density at radius 1 is 1.11 bits per heavy atom. The lowest BCUT2D eigenvalue weighted by Crippen LogP contribution is -2.47. The smallest absolute Gasteiger partial charge is 0.256 e. The Kier molecular flexibility index (Phi) is 6.57. The number of likely N-dealkylation sites (N-methyl/N-ethyl adjacent to an activating group) is 1. The third-order valence-corrected chi connectivity index (χ3v) is 4.58. The van der Waals surface area contributed by atoms with Gasteiger partial charge >= 0.3 is 0 Å². The van der Waals surface area contributed by atoms with Gasteiger partial charge in [0.05, 0.1) is 17.5 Å². The minimum Gasteiger partial charge on any atom is -0.465 e. The topological polar surface area (TPSA) is 77.8 Å². The second-order valence-corrected chi connectivity index (χ2v) is 6.84. The van der Waals surface area contributed by atoms with Crippen LogP contribution in [0.5, 0.6) is 0 Å². The third kappa shape index (κ3) is 5.28. The molecule has 2 aromatic rings. The Morgan fingerprint density at radius 2 is 1.86 bits per heavy atom. The first kappa shape index (κ1) is 19.8. The van der Waals surface area contributed by atoms with E-state index in [1.165, 1.54) is 12.3 Å². The molecule has 146 valence electrons. The molecule has 2 N–H and O–H groups in total. The lowest BCUT2D eigenvalue weighted by molar-refractivity contribution is -0.115. The number of carbonyl (C=O) groups excluding carboxylic acids is 2. The van der Waals surface area contributed by atoms with Crippen molar-refractivity contribution in [3.8, 4) is 0 Å². The molecular formula is C20H22N4O3S. The highest BCUT2D eigenvalue weighted by atomic mass is 32.1. The van der Waals surface area contributed by atoms with Crippen LogP contribution in [0.3, 0.4) is 0 Å². The maximum Gasteiger partial charge on any atom is 0.256 e. The molecule has 0 unspecified atom stereocenters. The quantitative estimate of drug-likeness (QED) is 0.607. The van der Waals surface area contributed by atoms with Crippen LogP contribution in [0.25, 0.3) is 6.08 Å². The molecule has 28 heavy (non-hydrogen) atoms. The SMILES string of the molecule is CN1CCN(C(=O)c2ccccc2NC(=S)NC(=O)C=Cc2ccco2)CC1. The monoisotopic (exact) mass is 398 g/mol. The fourth-order valence-electron chi connectivity index (χ4n) is 2.81. The summed E-state index contributed by atoms with van der Waals surface area (Å²) in [6.07, 6.45) is 4.40. The standard InChI is InChI=1S/C20H22N4O3S/c1-23-10-12-24(13-11-23)19(26)16-6-2-3-7-17(16)21-20(28)22-18(25)9-8-15-5-4-14-27-15/h2-9,14H,10-13H2,1H3,(H2,21,22,25,28). The summed E-state index contributed by atoms with van der Waals surface area (Å²) in [4.78, 5) is 28.9. The minimum atomic E-state index is -0.392. The first-order valence-corrected chi connectivity index (χ1v) is 9.34. The van der Waals surface area contributed by atoms with E-state index in [0.717, 1.165) is 13.1 Å². The molecule has 1 aromatic carbocycles. The lowest BCUT2D eigenvalue weighted by Gasteiger charge is -2.32. The number of thiocarbonyl (C=S) groups is 1. The maximum atomic E-state index is 12.9. The Labute approximate surface area is 169 Å². The van der Waals surface area contributed by atoms with Crippen LogP contribution in [0.1, 0.15) is 16.1 Å². The summed E-state index contributed by atoms with van der Waals surface area (Å²) in [5, 5.41) is 5.63. The number of nitrogens with zero attached hydrogens (tertiary/aromatic N) is 2. The van der Waals surface area contributed by atoms with Gasteiger partial charge in [-0.2, -0.15) is 0 Å². The van der Waals surface area contributed by atoms with Crippen LogP contribution in [-0.4, -0.2) is 60.0 Å². The van der Waals surface area contributed by atoms with E-state index in [-0.39, 0.29) is 11.0 Å². The Morgan fingerprint density at radius 3 is 2.57 bits per heavy atom. The number of piperazine rings is 1. The number of nitrogens with one attached hydrogen (secondary N) is 2. The summed E-state index contributed by atoms with van der Waals surface area (Å²) in [5.41, 5.74) is 1.08. The van der Waals surface area contributed by atoms with Gasteiger partial charge in [-0.05, 0) is 49.6 Å². The van der Waals surface area contributed by atoms with Crippen molar-refractivity contribution < 1.29 is 14.0 Å². The van der Waals surface area contributed by atoms with Crippen LogP contribution in [0.2, 0.25) is 0 Å². The van der Waals surface area contributed by atoms with Gasteiger partial charge in [0, 0.05) is 32.3 Å². The largest absolute Gasteiger partial charge is 0.465 e. The predicted octanol–water partition coefficient (Wildman–Crippen LogP) is 2.19. The van der Waals surface area contributed by atoms with E-state index >= 15 is 0 Å². The van der Waals surface area contributed by atoms with Gasteiger partial charge in [-0.1, -0.05) is 12.1 Å². The second kappa shape index (κ2) is 9.29. The van der Waals surface area contributed by atoms with Crippen LogP contribution in [0, 0.1) is 0 Å².